The van der Waals surface area contributed by atoms with Crippen LogP contribution in [-0.4, -0.2) is 63.6 Å². The zero-order chi connectivity index (χ0) is 28.7. The van der Waals surface area contributed by atoms with E-state index in [-0.39, 0.29) is 47.5 Å². The Morgan fingerprint density at radius 3 is 2.20 bits per heavy atom. The average Bonchev–Trinajstić information content (AvgIpc) is 3.34. The van der Waals surface area contributed by atoms with Gasteiger partial charge in [-0.2, -0.15) is 4.31 Å². The summed E-state index contributed by atoms with van der Waals surface area (Å²) in [6.07, 6.45) is 0.715. The average molecular weight is 600 g/mol. The van der Waals surface area contributed by atoms with E-state index in [1.54, 1.807) is 12.1 Å². The molecular formula is C28H29N3O6S3. The number of anilines is 1. The van der Waals surface area contributed by atoms with Crippen molar-refractivity contribution in [1.29, 1.82) is 0 Å². The minimum Gasteiger partial charge on any atom is -0.373 e. The number of fused-ring (bicyclic) bond motifs is 1. The van der Waals surface area contributed by atoms with E-state index in [1.165, 1.54) is 50.9 Å². The number of sulfonamides is 1. The second-order valence-electron chi connectivity index (χ2n) is 9.88. The summed E-state index contributed by atoms with van der Waals surface area (Å²) in [5.41, 5.74) is 1.75. The number of amides is 1. The van der Waals surface area contributed by atoms with Crippen LogP contribution in [0.4, 0.5) is 5.13 Å². The van der Waals surface area contributed by atoms with Gasteiger partial charge in [-0.3, -0.25) is 9.69 Å². The number of thiazole rings is 1. The molecule has 1 aliphatic heterocycles. The van der Waals surface area contributed by atoms with Crippen LogP contribution in [0.3, 0.4) is 0 Å². The maximum atomic E-state index is 13.8. The molecule has 0 radical (unpaired) electrons. The van der Waals surface area contributed by atoms with Gasteiger partial charge in [-0.1, -0.05) is 41.7 Å². The molecule has 40 heavy (non-hydrogen) atoms. The number of carbonyl (C=O) groups excluding carboxylic acids is 1. The fraction of sp³-hybridized carbons (Fsp3) is 0.286. The van der Waals surface area contributed by atoms with Crippen LogP contribution >= 0.6 is 11.3 Å². The number of hydrogen-bond acceptors (Lipinski definition) is 8. The molecule has 3 aromatic carbocycles. The first-order chi connectivity index (χ1) is 18.9. The predicted molar refractivity (Wildman–Crippen MR) is 155 cm³/mol. The number of hydrogen-bond donors (Lipinski definition) is 0. The molecule has 1 amide bonds. The first-order valence-corrected chi connectivity index (χ1v) is 16.8. The lowest BCUT2D eigenvalue weighted by Gasteiger charge is -2.34. The number of morpholine rings is 1. The van der Waals surface area contributed by atoms with Crippen LogP contribution in [0.25, 0.3) is 10.2 Å². The molecule has 5 rings (SSSR count). The summed E-state index contributed by atoms with van der Waals surface area (Å²) < 4.78 is 58.4. The molecule has 0 spiro atoms. The lowest BCUT2D eigenvalue weighted by Crippen LogP contribution is -2.48. The molecule has 0 aliphatic carbocycles. The third-order valence-electron chi connectivity index (χ3n) is 6.56. The maximum Gasteiger partial charge on any atom is 0.260 e. The molecule has 1 fully saturated rings. The molecule has 4 aromatic rings. The number of nitrogens with zero attached hydrogens (tertiary/aromatic N) is 3. The fourth-order valence-corrected chi connectivity index (χ4v) is 7.95. The minimum atomic E-state index is -3.76. The van der Waals surface area contributed by atoms with Gasteiger partial charge in [-0.25, -0.2) is 21.8 Å². The van der Waals surface area contributed by atoms with Gasteiger partial charge in [0, 0.05) is 24.9 Å². The molecule has 2 heterocycles. The third-order valence-corrected chi connectivity index (χ3v) is 10.6. The zero-order valence-corrected chi connectivity index (χ0v) is 24.7. The van der Waals surface area contributed by atoms with Crippen molar-refractivity contribution < 1.29 is 26.4 Å². The zero-order valence-electron chi connectivity index (χ0n) is 22.2. The van der Waals surface area contributed by atoms with Crippen molar-refractivity contribution in [3.05, 3.63) is 83.9 Å². The first-order valence-electron chi connectivity index (χ1n) is 12.6. The molecule has 1 aliphatic rings. The fourth-order valence-electron chi connectivity index (χ4n) is 4.63. The molecule has 1 aromatic heterocycles. The lowest BCUT2D eigenvalue weighted by atomic mass is 10.1. The quantitative estimate of drug-likeness (QED) is 0.310. The summed E-state index contributed by atoms with van der Waals surface area (Å²) in [6.45, 7) is 4.42. The van der Waals surface area contributed by atoms with Crippen LogP contribution < -0.4 is 4.90 Å². The van der Waals surface area contributed by atoms with Gasteiger partial charge in [-0.15, -0.1) is 0 Å². The molecule has 2 atom stereocenters. The van der Waals surface area contributed by atoms with E-state index in [2.05, 4.69) is 4.98 Å². The van der Waals surface area contributed by atoms with E-state index in [0.717, 1.165) is 11.8 Å². The minimum absolute atomic E-state index is 0.105. The standard InChI is InChI=1S/C28H29N3O6S3/c1-19-16-30(17-20(2)37-19)40(35,36)23-11-9-22(10-12-23)27(32)31(18-21-7-5-4-6-8-21)28-29-25-14-13-24(39(3,33)34)15-26(25)38-28/h4-15,19-20H,16-18H2,1-3H3. The first kappa shape index (κ1) is 28.4. The third kappa shape index (κ3) is 5.96. The van der Waals surface area contributed by atoms with Gasteiger partial charge in [0.15, 0.2) is 15.0 Å². The van der Waals surface area contributed by atoms with Crippen LogP contribution in [-0.2, 0) is 31.1 Å². The summed E-state index contributed by atoms with van der Waals surface area (Å²) in [6, 6.07) is 20.0. The van der Waals surface area contributed by atoms with Gasteiger partial charge in [0.1, 0.15) is 0 Å². The highest BCUT2D eigenvalue weighted by molar-refractivity contribution is 7.90. The van der Waals surface area contributed by atoms with Gasteiger partial charge in [0.2, 0.25) is 10.0 Å². The van der Waals surface area contributed by atoms with Crippen molar-refractivity contribution in [2.24, 2.45) is 0 Å². The highest BCUT2D eigenvalue weighted by Crippen LogP contribution is 2.33. The molecular weight excluding hydrogens is 571 g/mol. The topological polar surface area (TPSA) is 114 Å². The normalized spacial score (nSPS) is 18.6. The van der Waals surface area contributed by atoms with Crippen molar-refractivity contribution in [2.45, 2.75) is 42.4 Å². The van der Waals surface area contributed by atoms with Crippen LogP contribution in [0.15, 0.2) is 82.6 Å². The van der Waals surface area contributed by atoms with Gasteiger partial charge >= 0.3 is 0 Å². The molecule has 210 valence electrons. The summed E-state index contributed by atoms with van der Waals surface area (Å²) in [7, 11) is -7.16. The van der Waals surface area contributed by atoms with Crippen LogP contribution in [0.2, 0.25) is 0 Å². The van der Waals surface area contributed by atoms with E-state index in [4.69, 9.17) is 4.74 Å². The largest absolute Gasteiger partial charge is 0.373 e. The van der Waals surface area contributed by atoms with Gasteiger partial charge < -0.3 is 4.74 Å². The number of rotatable bonds is 7. The highest BCUT2D eigenvalue weighted by Gasteiger charge is 2.32. The molecule has 2 unspecified atom stereocenters. The monoisotopic (exact) mass is 599 g/mol. The maximum absolute atomic E-state index is 13.8. The number of sulfone groups is 1. The van der Waals surface area contributed by atoms with Gasteiger partial charge in [0.05, 0.1) is 38.8 Å². The Morgan fingerprint density at radius 1 is 0.950 bits per heavy atom. The van der Waals surface area contributed by atoms with Crippen LogP contribution in [0, 0.1) is 0 Å². The molecule has 0 saturated carbocycles. The number of benzene rings is 3. The number of ether oxygens (including phenoxy) is 1. The Hall–Kier alpha value is -3.16. The van der Waals surface area contributed by atoms with E-state index in [1.807, 2.05) is 44.2 Å². The second kappa shape index (κ2) is 11.0. The summed E-state index contributed by atoms with van der Waals surface area (Å²) in [5.74, 6) is -0.358. The predicted octanol–water partition coefficient (Wildman–Crippen LogP) is 4.34. The number of aromatic nitrogens is 1. The SMILES string of the molecule is CC1CN(S(=O)(=O)c2ccc(C(=O)N(Cc3ccccc3)c3nc4ccc(S(C)(=O)=O)cc4s3)cc2)CC(C)O1. The Balaban J connectivity index is 1.48. The van der Waals surface area contributed by atoms with Crippen molar-refractivity contribution >= 4 is 52.5 Å². The van der Waals surface area contributed by atoms with E-state index >= 15 is 0 Å². The van der Waals surface area contributed by atoms with E-state index in [0.29, 0.717) is 20.9 Å². The highest BCUT2D eigenvalue weighted by atomic mass is 32.2. The molecule has 1 saturated heterocycles. The molecule has 0 N–H and O–H groups in total. The van der Waals surface area contributed by atoms with Crippen LogP contribution in [0.1, 0.15) is 29.8 Å². The van der Waals surface area contributed by atoms with E-state index in [9.17, 15) is 21.6 Å². The van der Waals surface area contributed by atoms with Crippen molar-refractivity contribution in [3.8, 4) is 0 Å². The lowest BCUT2D eigenvalue weighted by molar-refractivity contribution is -0.0440. The Kier molecular flexibility index (Phi) is 7.81. The smallest absolute Gasteiger partial charge is 0.260 e. The summed E-state index contributed by atoms with van der Waals surface area (Å²) in [5, 5.41) is 0.405. The Labute approximate surface area is 238 Å². The van der Waals surface area contributed by atoms with Crippen LogP contribution in [0.5, 0.6) is 0 Å². The van der Waals surface area contributed by atoms with Gasteiger partial charge in [-0.05, 0) is 61.9 Å². The Morgan fingerprint density at radius 2 is 1.57 bits per heavy atom. The van der Waals surface area contributed by atoms with Crippen molar-refractivity contribution in [3.63, 3.8) is 0 Å². The second-order valence-corrected chi connectivity index (χ2v) is 14.8. The van der Waals surface area contributed by atoms with Crippen molar-refractivity contribution in [1.82, 2.24) is 9.29 Å². The molecule has 9 nitrogen and oxygen atoms in total. The number of carbonyl (C=O) groups is 1. The van der Waals surface area contributed by atoms with Crippen molar-refractivity contribution in [2.75, 3.05) is 24.2 Å². The molecule has 0 bridgehead atoms. The summed E-state index contributed by atoms with van der Waals surface area (Å²) in [4.78, 5) is 20.3. The van der Waals surface area contributed by atoms with E-state index < -0.39 is 19.9 Å². The Bertz CT molecular complexity index is 1740. The molecule has 12 heteroatoms. The van der Waals surface area contributed by atoms with Gasteiger partial charge in [0.25, 0.3) is 5.91 Å². The summed E-state index contributed by atoms with van der Waals surface area (Å²) >= 11 is 1.22.